The van der Waals surface area contributed by atoms with Crippen LogP contribution in [-0.4, -0.2) is 53.6 Å². The first-order valence-corrected chi connectivity index (χ1v) is 7.01. The molecule has 0 saturated carbocycles. The summed E-state index contributed by atoms with van der Waals surface area (Å²) in [5, 5.41) is 7.91. The predicted octanol–water partition coefficient (Wildman–Crippen LogP) is 0.926. The zero-order valence-electron chi connectivity index (χ0n) is 12.1. The van der Waals surface area contributed by atoms with Crippen molar-refractivity contribution < 1.29 is 4.74 Å². The van der Waals surface area contributed by atoms with Crippen LogP contribution < -0.4 is 11.1 Å². The van der Waals surface area contributed by atoms with Crippen LogP contribution in [0.25, 0.3) is 0 Å². The fraction of sp³-hybridized carbons (Fsp3) is 0.769. The summed E-state index contributed by atoms with van der Waals surface area (Å²) in [7, 11) is 0. The van der Waals surface area contributed by atoms with Crippen LogP contribution in [0.3, 0.4) is 0 Å². The minimum Gasteiger partial charge on any atom is -0.394 e. The minimum absolute atomic E-state index is 0.335. The zero-order valence-corrected chi connectivity index (χ0v) is 12.1. The summed E-state index contributed by atoms with van der Waals surface area (Å²) in [5.74, 6) is 0.945. The summed E-state index contributed by atoms with van der Waals surface area (Å²) in [5.41, 5.74) is 7.73. The molecule has 108 valence electrons. The Bertz CT molecular complexity index is 411. The second-order valence-corrected chi connectivity index (χ2v) is 5.12. The molecule has 2 rings (SSSR count). The summed E-state index contributed by atoms with van der Waals surface area (Å²) in [6.07, 6.45) is 0. The highest BCUT2D eigenvalue weighted by Crippen LogP contribution is 2.22. The van der Waals surface area contributed by atoms with Gasteiger partial charge in [-0.2, -0.15) is 5.10 Å². The molecule has 2 heterocycles. The normalized spacial score (nSPS) is 18.5. The molecule has 1 aliphatic rings. The summed E-state index contributed by atoms with van der Waals surface area (Å²) in [6, 6.07) is 0.335. The number of hydrogen-bond donors (Lipinski definition) is 2. The molecule has 0 spiro atoms. The SMILES string of the molecule is CCn1nc(C)c(N)c1NC(C)CN1CCOCC1. The van der Waals surface area contributed by atoms with Gasteiger partial charge in [0.05, 0.1) is 24.6 Å². The van der Waals surface area contributed by atoms with Gasteiger partial charge >= 0.3 is 0 Å². The van der Waals surface area contributed by atoms with Crippen LogP contribution in [0.4, 0.5) is 11.5 Å². The van der Waals surface area contributed by atoms with Crippen molar-refractivity contribution >= 4 is 11.5 Å². The number of ether oxygens (including phenoxy) is 1. The number of rotatable bonds is 5. The number of aryl methyl sites for hydroxylation is 2. The van der Waals surface area contributed by atoms with E-state index in [2.05, 4.69) is 29.2 Å². The van der Waals surface area contributed by atoms with Crippen LogP contribution in [0, 0.1) is 6.92 Å². The van der Waals surface area contributed by atoms with Crippen molar-refractivity contribution in [1.82, 2.24) is 14.7 Å². The van der Waals surface area contributed by atoms with Gasteiger partial charge < -0.3 is 15.8 Å². The number of nitrogens with two attached hydrogens (primary N) is 1. The third-order valence-electron chi connectivity index (χ3n) is 3.49. The van der Waals surface area contributed by atoms with Gasteiger partial charge in [0.1, 0.15) is 5.82 Å². The zero-order chi connectivity index (χ0) is 13.8. The minimum atomic E-state index is 0.335. The van der Waals surface area contributed by atoms with Gasteiger partial charge in [-0.25, -0.2) is 4.68 Å². The molecule has 0 bridgehead atoms. The van der Waals surface area contributed by atoms with Crippen molar-refractivity contribution in [2.24, 2.45) is 0 Å². The van der Waals surface area contributed by atoms with Gasteiger partial charge in [0.2, 0.25) is 0 Å². The van der Waals surface area contributed by atoms with E-state index in [0.29, 0.717) is 6.04 Å². The second kappa shape index (κ2) is 6.25. The fourth-order valence-electron chi connectivity index (χ4n) is 2.43. The number of nitrogen functional groups attached to an aromatic ring is 1. The number of nitrogens with one attached hydrogen (secondary N) is 1. The molecule has 1 atom stereocenters. The summed E-state index contributed by atoms with van der Waals surface area (Å²) < 4.78 is 7.29. The van der Waals surface area contributed by atoms with Crippen LogP contribution in [0.15, 0.2) is 0 Å². The Morgan fingerprint density at radius 2 is 2.11 bits per heavy atom. The monoisotopic (exact) mass is 267 g/mol. The van der Waals surface area contributed by atoms with Crippen molar-refractivity contribution in [3.05, 3.63) is 5.69 Å². The van der Waals surface area contributed by atoms with E-state index in [4.69, 9.17) is 10.5 Å². The van der Waals surface area contributed by atoms with Crippen LogP contribution in [-0.2, 0) is 11.3 Å². The maximum atomic E-state index is 6.08. The van der Waals surface area contributed by atoms with E-state index in [9.17, 15) is 0 Å². The van der Waals surface area contributed by atoms with Crippen LogP contribution in [0.5, 0.6) is 0 Å². The third kappa shape index (κ3) is 3.39. The van der Waals surface area contributed by atoms with E-state index in [0.717, 1.165) is 56.6 Å². The number of nitrogens with zero attached hydrogens (tertiary/aromatic N) is 3. The molecule has 0 aliphatic carbocycles. The Balaban J connectivity index is 1.96. The average Bonchev–Trinajstić information content (AvgIpc) is 2.67. The van der Waals surface area contributed by atoms with Gasteiger partial charge in [-0.1, -0.05) is 0 Å². The molecule has 19 heavy (non-hydrogen) atoms. The smallest absolute Gasteiger partial charge is 0.148 e. The highest BCUT2D eigenvalue weighted by atomic mass is 16.5. The topological polar surface area (TPSA) is 68.3 Å². The Hall–Kier alpha value is -1.27. The molecule has 1 aromatic heterocycles. The van der Waals surface area contributed by atoms with Crippen LogP contribution in [0.1, 0.15) is 19.5 Å². The first kappa shape index (κ1) is 14.1. The number of anilines is 2. The third-order valence-corrected chi connectivity index (χ3v) is 3.49. The average molecular weight is 267 g/mol. The van der Waals surface area contributed by atoms with Gasteiger partial charge in [0.25, 0.3) is 0 Å². The van der Waals surface area contributed by atoms with E-state index >= 15 is 0 Å². The predicted molar refractivity (Wildman–Crippen MR) is 77.4 cm³/mol. The van der Waals surface area contributed by atoms with Crippen molar-refractivity contribution in [1.29, 1.82) is 0 Å². The highest BCUT2D eigenvalue weighted by Gasteiger charge is 2.17. The molecule has 1 fully saturated rings. The molecule has 1 saturated heterocycles. The molecule has 6 nitrogen and oxygen atoms in total. The Morgan fingerprint density at radius 1 is 1.42 bits per heavy atom. The molecule has 0 aromatic carbocycles. The fourth-order valence-corrected chi connectivity index (χ4v) is 2.43. The lowest BCUT2D eigenvalue weighted by atomic mass is 10.2. The molecular weight excluding hydrogens is 242 g/mol. The van der Waals surface area contributed by atoms with Gasteiger partial charge in [0, 0.05) is 32.2 Å². The summed E-state index contributed by atoms with van der Waals surface area (Å²) in [4.78, 5) is 2.41. The quantitative estimate of drug-likeness (QED) is 0.830. The number of aromatic nitrogens is 2. The maximum Gasteiger partial charge on any atom is 0.148 e. The molecule has 1 aromatic rings. The first-order valence-electron chi connectivity index (χ1n) is 7.01. The molecule has 1 unspecified atom stereocenters. The van der Waals surface area contributed by atoms with Gasteiger partial charge in [-0.3, -0.25) is 4.90 Å². The number of morpholine rings is 1. The molecule has 1 aliphatic heterocycles. The van der Waals surface area contributed by atoms with Gasteiger partial charge in [0.15, 0.2) is 0 Å². The molecule has 6 heteroatoms. The summed E-state index contributed by atoms with van der Waals surface area (Å²) >= 11 is 0. The van der Waals surface area contributed by atoms with E-state index in [-0.39, 0.29) is 0 Å². The Kier molecular flexibility index (Phi) is 4.66. The lowest BCUT2D eigenvalue weighted by molar-refractivity contribution is 0.0368. The van der Waals surface area contributed by atoms with E-state index in [1.807, 2.05) is 11.6 Å². The molecule has 0 amide bonds. The highest BCUT2D eigenvalue weighted by molar-refractivity contribution is 5.65. The lowest BCUT2D eigenvalue weighted by Crippen LogP contribution is -2.42. The number of hydrogen-bond acceptors (Lipinski definition) is 5. The Labute approximate surface area is 114 Å². The Morgan fingerprint density at radius 3 is 2.74 bits per heavy atom. The van der Waals surface area contributed by atoms with Crippen LogP contribution >= 0.6 is 0 Å². The van der Waals surface area contributed by atoms with Gasteiger partial charge in [-0.05, 0) is 20.8 Å². The molecular formula is C13H25N5O. The lowest BCUT2D eigenvalue weighted by Gasteiger charge is -2.29. The van der Waals surface area contributed by atoms with E-state index < -0.39 is 0 Å². The van der Waals surface area contributed by atoms with E-state index in [1.165, 1.54) is 0 Å². The van der Waals surface area contributed by atoms with Crippen molar-refractivity contribution in [3.8, 4) is 0 Å². The summed E-state index contributed by atoms with van der Waals surface area (Å²) in [6.45, 7) is 11.7. The van der Waals surface area contributed by atoms with Crippen molar-refractivity contribution in [2.45, 2.75) is 33.4 Å². The van der Waals surface area contributed by atoms with Crippen molar-refractivity contribution in [2.75, 3.05) is 43.9 Å². The van der Waals surface area contributed by atoms with Gasteiger partial charge in [-0.15, -0.1) is 0 Å². The second-order valence-electron chi connectivity index (χ2n) is 5.12. The first-order chi connectivity index (χ1) is 9.11. The largest absolute Gasteiger partial charge is 0.394 e. The molecule has 0 radical (unpaired) electrons. The molecule has 3 N–H and O–H groups in total. The maximum absolute atomic E-state index is 6.08. The van der Waals surface area contributed by atoms with Crippen LogP contribution in [0.2, 0.25) is 0 Å². The van der Waals surface area contributed by atoms with Crippen molar-refractivity contribution in [3.63, 3.8) is 0 Å². The van der Waals surface area contributed by atoms with E-state index in [1.54, 1.807) is 0 Å². The standard InChI is InChI=1S/C13H25N5O/c1-4-18-13(12(14)11(3)16-18)15-10(2)9-17-5-7-19-8-6-17/h10,15H,4-9,14H2,1-3H3.